The average Bonchev–Trinajstić information content (AvgIpc) is 3.10. The highest BCUT2D eigenvalue weighted by Gasteiger charge is 2.22. The molecule has 142 valence electrons. The fourth-order valence-corrected chi connectivity index (χ4v) is 3.86. The van der Waals surface area contributed by atoms with E-state index in [-0.39, 0.29) is 5.63 Å². The molecule has 0 N–H and O–H groups in total. The van der Waals surface area contributed by atoms with Crippen molar-refractivity contribution in [2.24, 2.45) is 0 Å². The maximum Gasteiger partial charge on any atom is 0.348 e. The first-order valence-corrected chi connectivity index (χ1v) is 9.70. The third-order valence-corrected chi connectivity index (χ3v) is 5.32. The number of fused-ring (bicyclic) bond motifs is 3. The van der Waals surface area contributed by atoms with E-state index in [9.17, 15) is 4.79 Å². The van der Waals surface area contributed by atoms with Crippen LogP contribution in [-0.2, 0) is 6.42 Å². The van der Waals surface area contributed by atoms with E-state index in [1.54, 1.807) is 0 Å². The Bertz CT molecular complexity index is 1390. The molecule has 5 rings (SSSR count). The molecular weight excluding hydrogens is 360 g/mol. The molecule has 0 amide bonds. The molecule has 0 bridgehead atoms. The number of rotatable bonds is 3. The van der Waals surface area contributed by atoms with Crippen LogP contribution < -0.4 is 5.63 Å². The van der Waals surface area contributed by atoms with Gasteiger partial charge in [-0.25, -0.2) is 4.79 Å². The van der Waals surface area contributed by atoms with Crippen LogP contribution in [0.3, 0.4) is 0 Å². The van der Waals surface area contributed by atoms with Crippen LogP contribution in [0, 0.1) is 13.8 Å². The van der Waals surface area contributed by atoms with Crippen LogP contribution >= 0.6 is 0 Å². The van der Waals surface area contributed by atoms with Crippen molar-refractivity contribution in [1.82, 2.24) is 0 Å². The van der Waals surface area contributed by atoms with Gasteiger partial charge in [0.05, 0.1) is 5.39 Å². The Morgan fingerprint density at radius 3 is 2.28 bits per heavy atom. The second-order valence-electron chi connectivity index (χ2n) is 7.52. The van der Waals surface area contributed by atoms with Gasteiger partial charge in [0.15, 0.2) is 5.58 Å². The largest absolute Gasteiger partial charge is 0.459 e. The predicted octanol–water partition coefficient (Wildman–Crippen LogP) is 6.41. The minimum absolute atomic E-state index is 0.366. The van der Waals surface area contributed by atoms with Gasteiger partial charge in [-0.15, -0.1) is 0 Å². The van der Waals surface area contributed by atoms with E-state index in [1.165, 1.54) is 5.56 Å². The van der Waals surface area contributed by atoms with Crippen LogP contribution in [0.4, 0.5) is 0 Å². The van der Waals surface area contributed by atoms with Crippen molar-refractivity contribution < 1.29 is 8.83 Å². The zero-order valence-corrected chi connectivity index (χ0v) is 16.4. The zero-order valence-electron chi connectivity index (χ0n) is 16.4. The molecule has 0 aliphatic carbocycles. The maximum absolute atomic E-state index is 13.0. The topological polar surface area (TPSA) is 43.4 Å². The van der Waals surface area contributed by atoms with E-state index >= 15 is 0 Å². The minimum atomic E-state index is -0.366. The lowest BCUT2D eigenvalue weighted by Crippen LogP contribution is -2.00. The number of benzene rings is 3. The first kappa shape index (κ1) is 17.5. The molecule has 0 radical (unpaired) electrons. The molecule has 0 unspecified atom stereocenters. The van der Waals surface area contributed by atoms with Crippen LogP contribution in [-0.4, -0.2) is 0 Å². The fraction of sp³-hybridized carbons (Fsp3) is 0.115. The first-order valence-electron chi connectivity index (χ1n) is 9.70. The third kappa shape index (κ3) is 3.05. The molecule has 5 aromatic rings. The molecule has 3 aromatic carbocycles. The van der Waals surface area contributed by atoms with Gasteiger partial charge in [0.1, 0.15) is 16.7 Å². The van der Waals surface area contributed by atoms with Crippen molar-refractivity contribution in [3.8, 4) is 11.1 Å². The summed E-state index contributed by atoms with van der Waals surface area (Å²) in [7, 11) is 0. The molecule has 29 heavy (non-hydrogen) atoms. The zero-order chi connectivity index (χ0) is 20.0. The summed E-state index contributed by atoms with van der Waals surface area (Å²) in [5, 5.41) is 1.34. The second kappa shape index (κ2) is 6.78. The van der Waals surface area contributed by atoms with Crippen molar-refractivity contribution in [2.75, 3.05) is 0 Å². The smallest absolute Gasteiger partial charge is 0.348 e. The predicted molar refractivity (Wildman–Crippen MR) is 116 cm³/mol. The number of furan rings is 1. The normalized spacial score (nSPS) is 11.4. The minimum Gasteiger partial charge on any atom is -0.459 e. The van der Waals surface area contributed by atoms with Gasteiger partial charge in [0, 0.05) is 12.0 Å². The number of aryl methyl sites for hydroxylation is 2. The van der Waals surface area contributed by atoms with E-state index in [1.807, 2.05) is 74.5 Å². The standard InChI is InChI=1S/C26H20O3/c1-16-8-11-19(12-9-16)23-22(15-18-6-4-3-5-7-18)28-25-20-14-17(2)10-13-21(20)29-26(27)24(23)25/h3-14H,15H2,1-2H3. The van der Waals surface area contributed by atoms with Gasteiger partial charge in [-0.05, 0) is 37.1 Å². The number of hydrogen-bond donors (Lipinski definition) is 0. The Kier molecular flexibility index (Phi) is 4.09. The lowest BCUT2D eigenvalue weighted by Gasteiger charge is -2.04. The summed E-state index contributed by atoms with van der Waals surface area (Å²) in [6.07, 6.45) is 0.603. The van der Waals surface area contributed by atoms with Gasteiger partial charge >= 0.3 is 5.63 Å². The maximum atomic E-state index is 13.0. The molecule has 0 atom stereocenters. The van der Waals surface area contributed by atoms with Gasteiger partial charge in [0.2, 0.25) is 0 Å². The Hall–Kier alpha value is -3.59. The molecule has 0 aliphatic rings. The molecule has 0 aliphatic heterocycles. The molecule has 3 nitrogen and oxygen atoms in total. The lowest BCUT2D eigenvalue weighted by molar-refractivity contribution is 0.553. The highest BCUT2D eigenvalue weighted by Crippen LogP contribution is 2.37. The Balaban J connectivity index is 1.86. The van der Waals surface area contributed by atoms with Gasteiger partial charge in [-0.1, -0.05) is 71.8 Å². The first-order chi connectivity index (χ1) is 14.1. The van der Waals surface area contributed by atoms with Crippen LogP contribution in [0.2, 0.25) is 0 Å². The molecule has 2 aromatic heterocycles. The highest BCUT2D eigenvalue weighted by atomic mass is 16.4. The van der Waals surface area contributed by atoms with E-state index in [2.05, 4.69) is 12.1 Å². The van der Waals surface area contributed by atoms with Crippen molar-refractivity contribution >= 4 is 21.9 Å². The van der Waals surface area contributed by atoms with Crippen molar-refractivity contribution in [3.63, 3.8) is 0 Å². The molecule has 3 heteroatoms. The van der Waals surface area contributed by atoms with Crippen LogP contribution in [0.25, 0.3) is 33.1 Å². The molecule has 0 spiro atoms. The van der Waals surface area contributed by atoms with Crippen LogP contribution in [0.15, 0.2) is 86.4 Å². The summed E-state index contributed by atoms with van der Waals surface area (Å²) in [5.74, 6) is 0.774. The highest BCUT2D eigenvalue weighted by molar-refractivity contribution is 6.07. The summed E-state index contributed by atoms with van der Waals surface area (Å²) >= 11 is 0. The molecule has 0 saturated heterocycles. The summed E-state index contributed by atoms with van der Waals surface area (Å²) in [4.78, 5) is 13.0. The van der Waals surface area contributed by atoms with Gasteiger partial charge in [-0.3, -0.25) is 0 Å². The van der Waals surface area contributed by atoms with Crippen molar-refractivity contribution in [3.05, 3.63) is 106 Å². The van der Waals surface area contributed by atoms with Gasteiger partial charge in [0.25, 0.3) is 0 Å². The van der Waals surface area contributed by atoms with Crippen LogP contribution in [0.1, 0.15) is 22.5 Å². The molecular formula is C26H20O3. The van der Waals surface area contributed by atoms with E-state index in [4.69, 9.17) is 8.83 Å². The van der Waals surface area contributed by atoms with E-state index in [0.717, 1.165) is 33.4 Å². The molecule has 0 saturated carbocycles. The number of hydrogen-bond acceptors (Lipinski definition) is 3. The fourth-order valence-electron chi connectivity index (χ4n) is 3.86. The Labute approximate surface area is 168 Å². The summed E-state index contributed by atoms with van der Waals surface area (Å²) in [6.45, 7) is 4.07. The summed E-state index contributed by atoms with van der Waals surface area (Å²) < 4.78 is 12.0. The Morgan fingerprint density at radius 2 is 1.52 bits per heavy atom. The van der Waals surface area contributed by atoms with E-state index < -0.39 is 0 Å². The van der Waals surface area contributed by atoms with E-state index in [0.29, 0.717) is 23.0 Å². The van der Waals surface area contributed by atoms with Gasteiger partial charge < -0.3 is 8.83 Å². The SMILES string of the molecule is Cc1ccc(-c2c(Cc3ccccc3)oc3c2c(=O)oc2ccc(C)cc23)cc1. The van der Waals surface area contributed by atoms with Crippen molar-refractivity contribution in [1.29, 1.82) is 0 Å². The molecule has 2 heterocycles. The summed E-state index contributed by atoms with van der Waals surface area (Å²) in [5.41, 5.74) is 5.94. The quantitative estimate of drug-likeness (QED) is 0.340. The summed E-state index contributed by atoms with van der Waals surface area (Å²) in [6, 6.07) is 24.1. The molecule has 0 fully saturated rings. The average molecular weight is 380 g/mol. The lowest BCUT2D eigenvalue weighted by atomic mass is 9.98. The third-order valence-electron chi connectivity index (χ3n) is 5.32. The van der Waals surface area contributed by atoms with Crippen molar-refractivity contribution in [2.45, 2.75) is 20.3 Å². The monoisotopic (exact) mass is 380 g/mol. The van der Waals surface area contributed by atoms with Crippen LogP contribution in [0.5, 0.6) is 0 Å². The Morgan fingerprint density at radius 1 is 0.793 bits per heavy atom. The second-order valence-corrected chi connectivity index (χ2v) is 7.52. The van der Waals surface area contributed by atoms with Gasteiger partial charge in [-0.2, -0.15) is 0 Å².